The number of oxazole rings is 1. The van der Waals surface area contributed by atoms with Crippen molar-refractivity contribution in [1.29, 1.82) is 0 Å². The Balaban J connectivity index is 2.09. The summed E-state index contributed by atoms with van der Waals surface area (Å²) in [6.07, 6.45) is 0.0773. The standard InChI is InChI=1S/C17H22N2O4/c1-10(2)16-19-12-7-11(5-6-13(12)23-16)18-14(20)8-17(3,4)9-15(21)22/h5-7,10H,8-9H2,1-4H3,(H,18,20)(H,21,22). The molecule has 1 aromatic heterocycles. The molecule has 23 heavy (non-hydrogen) atoms. The highest BCUT2D eigenvalue weighted by molar-refractivity contribution is 5.93. The zero-order valence-corrected chi connectivity index (χ0v) is 13.8. The van der Waals surface area contributed by atoms with E-state index in [0.29, 0.717) is 22.7 Å². The maximum absolute atomic E-state index is 12.1. The number of carboxylic acids is 1. The molecule has 2 aromatic rings. The maximum atomic E-state index is 12.1. The summed E-state index contributed by atoms with van der Waals surface area (Å²) < 4.78 is 5.62. The number of carboxylic acid groups (broad SMARTS) is 1. The van der Waals surface area contributed by atoms with E-state index in [4.69, 9.17) is 9.52 Å². The van der Waals surface area contributed by atoms with E-state index in [1.165, 1.54) is 0 Å². The fourth-order valence-corrected chi connectivity index (χ4v) is 2.38. The molecule has 0 bridgehead atoms. The van der Waals surface area contributed by atoms with E-state index >= 15 is 0 Å². The number of aliphatic carboxylic acids is 1. The van der Waals surface area contributed by atoms with E-state index in [1.54, 1.807) is 32.0 Å². The van der Waals surface area contributed by atoms with Crippen LogP contribution in [-0.2, 0) is 9.59 Å². The minimum Gasteiger partial charge on any atom is -0.481 e. The van der Waals surface area contributed by atoms with Crippen LogP contribution in [0.2, 0.25) is 0 Å². The molecule has 2 N–H and O–H groups in total. The summed E-state index contributed by atoms with van der Waals surface area (Å²) in [5, 5.41) is 11.7. The van der Waals surface area contributed by atoms with Crippen LogP contribution in [0.4, 0.5) is 5.69 Å². The lowest BCUT2D eigenvalue weighted by molar-refractivity contribution is -0.139. The molecule has 124 valence electrons. The Labute approximate surface area is 134 Å². The summed E-state index contributed by atoms with van der Waals surface area (Å²) in [5.41, 5.74) is 1.39. The SMILES string of the molecule is CC(C)c1nc2cc(NC(=O)CC(C)(C)CC(=O)O)ccc2o1. The Hall–Kier alpha value is -2.37. The van der Waals surface area contributed by atoms with Gasteiger partial charge in [0, 0.05) is 18.0 Å². The van der Waals surface area contributed by atoms with E-state index in [0.717, 1.165) is 0 Å². The number of fused-ring (bicyclic) bond motifs is 1. The normalized spacial score (nSPS) is 11.9. The monoisotopic (exact) mass is 318 g/mol. The van der Waals surface area contributed by atoms with E-state index in [9.17, 15) is 9.59 Å². The van der Waals surface area contributed by atoms with Crippen LogP contribution < -0.4 is 5.32 Å². The number of rotatable bonds is 6. The van der Waals surface area contributed by atoms with E-state index in [1.807, 2.05) is 13.8 Å². The third kappa shape index (κ3) is 4.55. The molecule has 2 rings (SSSR count). The second-order valence-electron chi connectivity index (χ2n) is 6.85. The number of hydrogen-bond acceptors (Lipinski definition) is 4. The summed E-state index contributed by atoms with van der Waals surface area (Å²) in [5.74, 6) is -0.278. The molecule has 0 aliphatic rings. The Kier molecular flexibility index (Phi) is 4.73. The minimum atomic E-state index is -0.909. The number of aromatic nitrogens is 1. The van der Waals surface area contributed by atoms with Gasteiger partial charge in [0.25, 0.3) is 0 Å². The maximum Gasteiger partial charge on any atom is 0.303 e. The van der Waals surface area contributed by atoms with Gasteiger partial charge in [-0.05, 0) is 23.6 Å². The van der Waals surface area contributed by atoms with Gasteiger partial charge in [-0.3, -0.25) is 9.59 Å². The van der Waals surface area contributed by atoms with Crippen LogP contribution in [0.1, 0.15) is 52.3 Å². The third-order valence-electron chi connectivity index (χ3n) is 3.45. The Morgan fingerprint density at radius 1 is 1.30 bits per heavy atom. The van der Waals surface area contributed by atoms with Crippen molar-refractivity contribution in [2.75, 3.05) is 5.32 Å². The van der Waals surface area contributed by atoms with Crippen molar-refractivity contribution in [3.8, 4) is 0 Å². The molecule has 0 radical (unpaired) electrons. The summed E-state index contributed by atoms with van der Waals surface area (Å²) in [6, 6.07) is 5.28. The van der Waals surface area contributed by atoms with Crippen molar-refractivity contribution in [3.63, 3.8) is 0 Å². The quantitative estimate of drug-likeness (QED) is 0.845. The number of hydrogen-bond donors (Lipinski definition) is 2. The van der Waals surface area contributed by atoms with Gasteiger partial charge >= 0.3 is 5.97 Å². The molecule has 0 unspecified atom stereocenters. The number of nitrogens with one attached hydrogen (secondary N) is 1. The van der Waals surface area contributed by atoms with Crippen LogP contribution in [0.15, 0.2) is 22.6 Å². The number of amides is 1. The van der Waals surface area contributed by atoms with Crippen molar-refractivity contribution in [1.82, 2.24) is 4.98 Å². The fraction of sp³-hybridized carbons (Fsp3) is 0.471. The molecule has 0 fully saturated rings. The first kappa shape index (κ1) is 17.0. The molecular weight excluding hydrogens is 296 g/mol. The first-order valence-corrected chi connectivity index (χ1v) is 7.58. The largest absolute Gasteiger partial charge is 0.481 e. The van der Waals surface area contributed by atoms with Gasteiger partial charge in [-0.25, -0.2) is 4.98 Å². The van der Waals surface area contributed by atoms with Crippen LogP contribution in [0, 0.1) is 5.41 Å². The van der Waals surface area contributed by atoms with Gasteiger partial charge in [0.05, 0.1) is 6.42 Å². The topological polar surface area (TPSA) is 92.4 Å². The molecule has 0 aliphatic heterocycles. The summed E-state index contributed by atoms with van der Waals surface area (Å²) in [4.78, 5) is 27.3. The molecule has 6 heteroatoms. The lowest BCUT2D eigenvalue weighted by Crippen LogP contribution is -2.24. The predicted octanol–water partition coefficient (Wildman–Crippen LogP) is 3.78. The van der Waals surface area contributed by atoms with E-state index in [-0.39, 0.29) is 24.7 Å². The molecule has 0 saturated heterocycles. The molecule has 1 aromatic carbocycles. The average Bonchev–Trinajstić information content (AvgIpc) is 2.79. The summed E-state index contributed by atoms with van der Waals surface area (Å²) in [7, 11) is 0. The molecule has 6 nitrogen and oxygen atoms in total. The first-order chi connectivity index (χ1) is 10.7. The molecule has 1 amide bonds. The lowest BCUT2D eigenvalue weighted by Gasteiger charge is -2.21. The average molecular weight is 318 g/mol. The summed E-state index contributed by atoms with van der Waals surface area (Å²) >= 11 is 0. The molecule has 0 spiro atoms. The van der Waals surface area contributed by atoms with Crippen molar-refractivity contribution in [3.05, 3.63) is 24.1 Å². The van der Waals surface area contributed by atoms with Gasteiger partial charge in [0.15, 0.2) is 11.5 Å². The molecule has 1 heterocycles. The number of carbonyl (C=O) groups excluding carboxylic acids is 1. The summed E-state index contributed by atoms with van der Waals surface area (Å²) in [6.45, 7) is 7.52. The number of anilines is 1. The van der Waals surface area contributed by atoms with E-state index < -0.39 is 11.4 Å². The first-order valence-electron chi connectivity index (χ1n) is 7.58. The minimum absolute atomic E-state index is 0.0551. The van der Waals surface area contributed by atoms with Crippen molar-refractivity contribution in [2.45, 2.75) is 46.5 Å². The Morgan fingerprint density at radius 3 is 2.61 bits per heavy atom. The zero-order chi connectivity index (χ0) is 17.2. The lowest BCUT2D eigenvalue weighted by atomic mass is 9.85. The van der Waals surface area contributed by atoms with Gasteiger partial charge in [0.1, 0.15) is 5.52 Å². The van der Waals surface area contributed by atoms with Crippen LogP contribution in [0.25, 0.3) is 11.1 Å². The second-order valence-corrected chi connectivity index (χ2v) is 6.85. The number of carbonyl (C=O) groups is 2. The van der Waals surface area contributed by atoms with Crippen LogP contribution >= 0.6 is 0 Å². The fourth-order valence-electron chi connectivity index (χ4n) is 2.38. The van der Waals surface area contributed by atoms with E-state index in [2.05, 4.69) is 10.3 Å². The zero-order valence-electron chi connectivity index (χ0n) is 13.8. The third-order valence-corrected chi connectivity index (χ3v) is 3.45. The van der Waals surface area contributed by atoms with Gasteiger partial charge in [-0.2, -0.15) is 0 Å². The number of benzene rings is 1. The smallest absolute Gasteiger partial charge is 0.303 e. The highest BCUT2D eigenvalue weighted by Crippen LogP contribution is 2.27. The van der Waals surface area contributed by atoms with Crippen molar-refractivity contribution >= 4 is 28.7 Å². The van der Waals surface area contributed by atoms with Crippen molar-refractivity contribution < 1.29 is 19.1 Å². The Morgan fingerprint density at radius 2 is 2.00 bits per heavy atom. The number of nitrogens with zero attached hydrogens (tertiary/aromatic N) is 1. The van der Waals surface area contributed by atoms with Crippen LogP contribution in [-0.4, -0.2) is 22.0 Å². The van der Waals surface area contributed by atoms with Gasteiger partial charge in [0.2, 0.25) is 5.91 Å². The molecule has 0 saturated carbocycles. The molecule has 0 aliphatic carbocycles. The molecular formula is C17H22N2O4. The van der Waals surface area contributed by atoms with Gasteiger partial charge < -0.3 is 14.8 Å². The van der Waals surface area contributed by atoms with Gasteiger partial charge in [-0.15, -0.1) is 0 Å². The highest BCUT2D eigenvalue weighted by atomic mass is 16.4. The van der Waals surface area contributed by atoms with Crippen LogP contribution in [0.5, 0.6) is 0 Å². The molecule has 0 atom stereocenters. The highest BCUT2D eigenvalue weighted by Gasteiger charge is 2.25. The van der Waals surface area contributed by atoms with Crippen molar-refractivity contribution in [2.24, 2.45) is 5.41 Å². The second kappa shape index (κ2) is 6.40. The van der Waals surface area contributed by atoms with Crippen LogP contribution in [0.3, 0.4) is 0 Å². The Bertz CT molecular complexity index is 731. The predicted molar refractivity (Wildman–Crippen MR) is 87.4 cm³/mol. The van der Waals surface area contributed by atoms with Gasteiger partial charge in [-0.1, -0.05) is 27.7 Å².